The van der Waals surface area contributed by atoms with Crippen molar-refractivity contribution in [1.82, 2.24) is 9.13 Å². The van der Waals surface area contributed by atoms with Crippen LogP contribution in [0, 0.1) is 52.7 Å². The highest BCUT2D eigenvalue weighted by Gasteiger charge is 2.09. The van der Waals surface area contributed by atoms with E-state index >= 15 is 0 Å². The Labute approximate surface area is 334 Å². The summed E-state index contributed by atoms with van der Waals surface area (Å²) in [7, 11) is 0. The maximum Gasteiger partial charge on any atom is 0.0625 e. The highest BCUT2D eigenvalue weighted by molar-refractivity contribution is 14.1. The van der Waals surface area contributed by atoms with Crippen LogP contribution in [0.15, 0.2) is 170 Å². The van der Waals surface area contributed by atoms with Crippen LogP contribution in [0.25, 0.3) is 65.2 Å². The highest BCUT2D eigenvalue weighted by Crippen LogP contribution is 2.30. The zero-order valence-electron chi connectivity index (χ0n) is 29.7. The van der Waals surface area contributed by atoms with Gasteiger partial charge in [0, 0.05) is 64.7 Å². The van der Waals surface area contributed by atoms with E-state index in [9.17, 15) is 0 Å². The van der Waals surface area contributed by atoms with Crippen molar-refractivity contribution in [2.75, 3.05) is 0 Å². The minimum atomic E-state index is 0.875. The molecule has 0 saturated heterocycles. The highest BCUT2D eigenvalue weighted by atomic mass is 127. The first-order valence-corrected chi connectivity index (χ1v) is 18.8. The summed E-state index contributed by atoms with van der Waals surface area (Å²) in [5.41, 5.74) is 7.22. The molecule has 0 N–H and O–H groups in total. The third kappa shape index (κ3) is 6.56. The van der Waals surface area contributed by atoms with Crippen molar-refractivity contribution in [3.05, 3.63) is 190 Å². The summed E-state index contributed by atoms with van der Waals surface area (Å²) >= 11 is 2.31. The summed E-state index contributed by atoms with van der Waals surface area (Å²) in [6.45, 7) is 0. The first-order chi connectivity index (χ1) is 27.1. The van der Waals surface area contributed by atoms with Crippen LogP contribution in [0.2, 0.25) is 0 Å². The molecule has 0 fully saturated rings. The molecular formula is C52H31IN2. The van der Waals surface area contributed by atoms with E-state index in [4.69, 9.17) is 19.3 Å². The third-order valence-corrected chi connectivity index (χ3v) is 10.6. The van der Waals surface area contributed by atoms with Crippen molar-refractivity contribution in [1.29, 1.82) is 0 Å². The van der Waals surface area contributed by atoms with E-state index in [1.54, 1.807) is 0 Å². The van der Waals surface area contributed by atoms with Gasteiger partial charge in [-0.05, 0) is 87.8 Å². The quantitative estimate of drug-likeness (QED) is 0.107. The molecule has 0 atom stereocenters. The zero-order chi connectivity index (χ0) is 37.7. The molecule has 10 aromatic rings. The number of hydrogen-bond acceptors (Lipinski definition) is 0. The lowest BCUT2D eigenvalue weighted by Crippen LogP contribution is -1.89. The molecule has 0 amide bonds. The second kappa shape index (κ2) is 15.4. The molecule has 3 heteroatoms. The lowest BCUT2D eigenvalue weighted by molar-refractivity contribution is 1.26. The minimum Gasteiger partial charge on any atom is -0.269 e. The smallest absolute Gasteiger partial charge is 0.0625 e. The summed E-state index contributed by atoms with van der Waals surface area (Å²) in [5, 5.41) is 9.40. The van der Waals surface area contributed by atoms with E-state index in [-0.39, 0.29) is 0 Å². The molecule has 8 aromatic carbocycles. The van der Waals surface area contributed by atoms with E-state index in [1.807, 2.05) is 83.4 Å². The topological polar surface area (TPSA) is 9.86 Å². The van der Waals surface area contributed by atoms with E-state index in [0.717, 1.165) is 49.5 Å². The average Bonchev–Trinajstić information content (AvgIpc) is 3.75. The SMILES string of the molecule is C#Cc1cccc2cccc(C#Cn3c4ccccc4c4ccccc43)c12.C#Cc1cccc2cccc(I)c12.C#Cn1c2ccccc2c2ccccc21. The molecule has 0 bridgehead atoms. The van der Waals surface area contributed by atoms with Crippen LogP contribution in [0.3, 0.4) is 0 Å². The summed E-state index contributed by atoms with van der Waals surface area (Å²) in [5.74, 6) is 8.86. The van der Waals surface area contributed by atoms with Gasteiger partial charge in [-0.2, -0.15) is 0 Å². The Bertz CT molecular complexity index is 3150. The van der Waals surface area contributed by atoms with Gasteiger partial charge in [0.05, 0.1) is 22.1 Å². The fraction of sp³-hybridized carbons (Fsp3) is 0. The normalized spacial score (nSPS) is 10.4. The van der Waals surface area contributed by atoms with E-state index in [0.29, 0.717) is 0 Å². The largest absolute Gasteiger partial charge is 0.269 e. The maximum absolute atomic E-state index is 5.72. The fourth-order valence-electron chi connectivity index (χ4n) is 7.20. The Balaban J connectivity index is 0.000000129. The average molecular weight is 811 g/mol. The van der Waals surface area contributed by atoms with Crippen molar-refractivity contribution in [2.24, 2.45) is 0 Å². The molecular weight excluding hydrogens is 779 g/mol. The minimum absolute atomic E-state index is 0.875. The van der Waals surface area contributed by atoms with E-state index in [2.05, 4.69) is 148 Å². The Hall–Kier alpha value is -7.15. The number of terminal acetylenes is 3. The van der Waals surface area contributed by atoms with Crippen molar-refractivity contribution < 1.29 is 0 Å². The van der Waals surface area contributed by atoms with Crippen LogP contribution < -0.4 is 0 Å². The van der Waals surface area contributed by atoms with Gasteiger partial charge in [0.15, 0.2) is 0 Å². The Morgan fingerprint density at radius 3 is 1.22 bits per heavy atom. The fourth-order valence-corrected chi connectivity index (χ4v) is 8.01. The lowest BCUT2D eigenvalue weighted by Gasteiger charge is -2.03. The molecule has 0 radical (unpaired) electrons. The molecule has 0 spiro atoms. The number of rotatable bonds is 0. The summed E-state index contributed by atoms with van der Waals surface area (Å²) < 4.78 is 5.18. The number of fused-ring (bicyclic) bond motifs is 8. The Morgan fingerprint density at radius 1 is 0.382 bits per heavy atom. The first-order valence-electron chi connectivity index (χ1n) is 17.7. The van der Waals surface area contributed by atoms with Gasteiger partial charge in [-0.3, -0.25) is 9.13 Å². The predicted octanol–water partition coefficient (Wildman–Crippen LogP) is 12.4. The molecule has 10 rings (SSSR count). The number of benzene rings is 8. The van der Waals surface area contributed by atoms with E-state index in [1.165, 1.54) is 35.9 Å². The second-order valence-corrected chi connectivity index (χ2v) is 13.9. The van der Waals surface area contributed by atoms with Crippen molar-refractivity contribution in [3.8, 4) is 49.1 Å². The van der Waals surface area contributed by atoms with Gasteiger partial charge in [0.25, 0.3) is 0 Å². The van der Waals surface area contributed by atoms with Crippen molar-refractivity contribution in [2.45, 2.75) is 0 Å². The van der Waals surface area contributed by atoms with Gasteiger partial charge < -0.3 is 0 Å². The third-order valence-electron chi connectivity index (χ3n) is 9.66. The van der Waals surface area contributed by atoms with Gasteiger partial charge in [0.2, 0.25) is 0 Å². The number of hydrogen-bond donors (Lipinski definition) is 0. The standard InChI is InChI=1S/C26H15N.C14H9N.C12H7I/c1-2-19-9-7-10-20-11-8-12-21(26(19)20)17-18-27-24-15-5-3-13-22(24)23-14-4-6-16-25(23)27;1-2-15-13-9-5-3-7-11(13)12-8-4-6-10-14(12)15;1-2-9-5-3-6-10-7-4-8-11(13)12(9)10/h1,3-16H;1,3-10H;1,3-8H. The summed E-state index contributed by atoms with van der Waals surface area (Å²) in [6, 6.07) is 63.6. The van der Waals surface area contributed by atoms with Crippen molar-refractivity contribution in [3.63, 3.8) is 0 Å². The summed E-state index contributed by atoms with van der Waals surface area (Å²) in [6.07, 6.45) is 16.7. The van der Waals surface area contributed by atoms with Gasteiger partial charge >= 0.3 is 0 Å². The maximum atomic E-state index is 5.72. The monoisotopic (exact) mass is 810 g/mol. The lowest BCUT2D eigenvalue weighted by atomic mass is 10.00. The van der Waals surface area contributed by atoms with Crippen molar-refractivity contribution >= 4 is 87.7 Å². The number of aromatic nitrogens is 2. The molecule has 0 saturated carbocycles. The molecule has 0 unspecified atom stereocenters. The molecule has 0 aliphatic heterocycles. The molecule has 256 valence electrons. The van der Waals surface area contributed by atoms with Crippen LogP contribution in [-0.4, -0.2) is 9.13 Å². The Kier molecular flexibility index (Phi) is 9.80. The Morgan fingerprint density at radius 2 is 0.764 bits per heavy atom. The molecule has 55 heavy (non-hydrogen) atoms. The number of nitrogens with zero attached hydrogens (tertiary/aromatic N) is 2. The molecule has 0 aliphatic rings. The van der Waals surface area contributed by atoms with Crippen LogP contribution >= 0.6 is 22.6 Å². The second-order valence-electron chi connectivity index (χ2n) is 12.7. The van der Waals surface area contributed by atoms with Crippen LogP contribution in [0.4, 0.5) is 0 Å². The van der Waals surface area contributed by atoms with Gasteiger partial charge in [-0.25, -0.2) is 0 Å². The predicted molar refractivity (Wildman–Crippen MR) is 242 cm³/mol. The van der Waals surface area contributed by atoms with Gasteiger partial charge in [0.1, 0.15) is 0 Å². The molecule has 0 aliphatic carbocycles. The molecule has 2 heterocycles. The van der Waals surface area contributed by atoms with Crippen LogP contribution in [0.5, 0.6) is 0 Å². The van der Waals surface area contributed by atoms with E-state index < -0.39 is 0 Å². The number of halogens is 1. The first kappa shape index (κ1) is 34.9. The molecule has 2 aromatic heterocycles. The zero-order valence-corrected chi connectivity index (χ0v) is 31.8. The van der Waals surface area contributed by atoms with Crippen LogP contribution in [0.1, 0.15) is 16.7 Å². The summed E-state index contributed by atoms with van der Waals surface area (Å²) in [4.78, 5) is 0. The molecule has 2 nitrogen and oxygen atoms in total. The van der Waals surface area contributed by atoms with Gasteiger partial charge in [-0.1, -0.05) is 140 Å². The van der Waals surface area contributed by atoms with Crippen LogP contribution in [-0.2, 0) is 0 Å². The van der Waals surface area contributed by atoms with Gasteiger partial charge in [-0.15, -0.1) is 12.8 Å². The number of para-hydroxylation sites is 4.